The van der Waals surface area contributed by atoms with Gasteiger partial charge in [0.1, 0.15) is 0 Å². The lowest BCUT2D eigenvalue weighted by molar-refractivity contribution is 0.155. The number of rotatable bonds is 6. The summed E-state index contributed by atoms with van der Waals surface area (Å²) >= 11 is 3.49. The molecular formula is C15H23BrN4O. The fourth-order valence-electron chi connectivity index (χ4n) is 2.69. The molecule has 5 nitrogen and oxygen atoms in total. The summed E-state index contributed by atoms with van der Waals surface area (Å²) in [5.74, 6) is 0. The van der Waals surface area contributed by atoms with Gasteiger partial charge in [-0.2, -0.15) is 10.2 Å². The van der Waals surface area contributed by atoms with Gasteiger partial charge in [0.05, 0.1) is 28.2 Å². The van der Waals surface area contributed by atoms with E-state index in [1.54, 1.807) is 6.20 Å². The highest BCUT2D eigenvalue weighted by Gasteiger charge is 2.19. The molecule has 0 aromatic carbocycles. The van der Waals surface area contributed by atoms with Gasteiger partial charge < -0.3 is 5.11 Å². The van der Waals surface area contributed by atoms with Gasteiger partial charge in [0.15, 0.2) is 0 Å². The Morgan fingerprint density at radius 1 is 1.38 bits per heavy atom. The van der Waals surface area contributed by atoms with Crippen LogP contribution in [-0.4, -0.2) is 24.7 Å². The molecular weight excluding hydrogens is 332 g/mol. The molecule has 0 spiro atoms. The van der Waals surface area contributed by atoms with E-state index in [0.717, 1.165) is 35.2 Å². The Hall–Kier alpha value is -1.14. The number of aryl methyl sites for hydroxylation is 3. The number of nitrogens with zero attached hydrogens (tertiary/aromatic N) is 4. The number of hydrogen-bond donors (Lipinski definition) is 1. The summed E-state index contributed by atoms with van der Waals surface area (Å²) < 4.78 is 4.66. The zero-order valence-electron chi connectivity index (χ0n) is 13.1. The minimum Gasteiger partial charge on any atom is -0.387 e. The van der Waals surface area contributed by atoms with Crippen molar-refractivity contribution in [1.82, 2.24) is 19.6 Å². The zero-order chi connectivity index (χ0) is 15.6. The fourth-order valence-corrected chi connectivity index (χ4v) is 3.25. The summed E-state index contributed by atoms with van der Waals surface area (Å²) in [6, 6.07) is 0. The minimum atomic E-state index is -0.521. The molecule has 2 rings (SSSR count). The lowest BCUT2D eigenvalue weighted by atomic mass is 10.0. The van der Waals surface area contributed by atoms with E-state index in [0.29, 0.717) is 6.42 Å². The van der Waals surface area contributed by atoms with Gasteiger partial charge >= 0.3 is 0 Å². The van der Waals surface area contributed by atoms with Gasteiger partial charge in [0.25, 0.3) is 0 Å². The average molecular weight is 355 g/mol. The van der Waals surface area contributed by atoms with Crippen LogP contribution >= 0.6 is 15.9 Å². The van der Waals surface area contributed by atoms with Gasteiger partial charge in [0, 0.05) is 19.3 Å². The highest BCUT2D eigenvalue weighted by atomic mass is 79.9. The van der Waals surface area contributed by atoms with Crippen molar-refractivity contribution in [3.8, 4) is 0 Å². The molecule has 0 radical (unpaired) electrons. The molecule has 2 heterocycles. The molecule has 2 aromatic heterocycles. The minimum absolute atomic E-state index is 0.521. The molecule has 0 saturated heterocycles. The van der Waals surface area contributed by atoms with E-state index in [1.165, 1.54) is 11.3 Å². The molecule has 0 aliphatic heterocycles. The molecule has 0 amide bonds. The van der Waals surface area contributed by atoms with Crippen molar-refractivity contribution in [2.24, 2.45) is 7.05 Å². The van der Waals surface area contributed by atoms with Crippen LogP contribution in [-0.2, 0) is 20.0 Å². The van der Waals surface area contributed by atoms with Crippen molar-refractivity contribution >= 4 is 15.9 Å². The van der Waals surface area contributed by atoms with E-state index in [2.05, 4.69) is 40.0 Å². The third kappa shape index (κ3) is 3.37. The Balaban J connectivity index is 2.11. The predicted molar refractivity (Wildman–Crippen MR) is 86.2 cm³/mol. The highest BCUT2D eigenvalue weighted by Crippen LogP contribution is 2.27. The average Bonchev–Trinajstić information content (AvgIpc) is 2.90. The van der Waals surface area contributed by atoms with E-state index >= 15 is 0 Å². The second-order valence-electron chi connectivity index (χ2n) is 5.43. The molecule has 1 unspecified atom stereocenters. The van der Waals surface area contributed by atoms with E-state index in [1.807, 2.05) is 23.3 Å². The molecule has 1 atom stereocenters. The Morgan fingerprint density at radius 2 is 2.10 bits per heavy atom. The molecule has 2 aromatic rings. The van der Waals surface area contributed by atoms with Crippen molar-refractivity contribution < 1.29 is 5.11 Å². The van der Waals surface area contributed by atoms with E-state index in [9.17, 15) is 5.11 Å². The first kappa shape index (κ1) is 16.2. The van der Waals surface area contributed by atoms with Crippen molar-refractivity contribution in [3.05, 3.63) is 33.3 Å². The fraction of sp³-hybridized carbons (Fsp3) is 0.600. The smallest absolute Gasteiger partial charge is 0.0971 e. The lowest BCUT2D eigenvalue weighted by Crippen LogP contribution is -2.10. The SMILES string of the molecule is CCCn1ncc(Br)c1C(O)CCc1c(C)nn(C)c1C. The molecule has 1 N–H and O–H groups in total. The first-order valence-electron chi connectivity index (χ1n) is 7.34. The van der Waals surface area contributed by atoms with Gasteiger partial charge in [-0.1, -0.05) is 6.92 Å². The normalized spacial score (nSPS) is 12.9. The Kier molecular flexibility index (Phi) is 5.22. The Labute approximate surface area is 134 Å². The second kappa shape index (κ2) is 6.75. The van der Waals surface area contributed by atoms with Crippen LogP contribution in [0.2, 0.25) is 0 Å². The van der Waals surface area contributed by atoms with Gasteiger partial charge in [-0.15, -0.1) is 0 Å². The summed E-state index contributed by atoms with van der Waals surface area (Å²) in [5, 5.41) is 19.3. The van der Waals surface area contributed by atoms with Crippen LogP contribution in [0.15, 0.2) is 10.7 Å². The first-order chi connectivity index (χ1) is 9.95. The molecule has 0 bridgehead atoms. The standard InChI is InChI=1S/C15H23BrN4O/c1-5-8-20-15(13(16)9-17-20)14(21)7-6-12-10(2)18-19(4)11(12)3/h9,14,21H,5-8H2,1-4H3. The maximum atomic E-state index is 10.5. The van der Waals surface area contributed by atoms with Crippen LogP contribution in [0.1, 0.15) is 48.5 Å². The number of aliphatic hydroxyl groups excluding tert-OH is 1. The maximum absolute atomic E-state index is 10.5. The van der Waals surface area contributed by atoms with Gasteiger partial charge in [0.2, 0.25) is 0 Å². The molecule has 6 heteroatoms. The molecule has 0 aliphatic rings. The second-order valence-corrected chi connectivity index (χ2v) is 6.28. The van der Waals surface area contributed by atoms with Gasteiger partial charge in [-0.25, -0.2) is 0 Å². The summed E-state index contributed by atoms with van der Waals surface area (Å²) in [6.45, 7) is 7.02. The largest absolute Gasteiger partial charge is 0.387 e. The zero-order valence-corrected chi connectivity index (χ0v) is 14.7. The Morgan fingerprint density at radius 3 is 2.67 bits per heavy atom. The van der Waals surface area contributed by atoms with Gasteiger partial charge in [-0.3, -0.25) is 9.36 Å². The molecule has 116 valence electrons. The monoisotopic (exact) mass is 354 g/mol. The summed E-state index contributed by atoms with van der Waals surface area (Å²) in [4.78, 5) is 0. The van der Waals surface area contributed by atoms with Crippen LogP contribution in [0.4, 0.5) is 0 Å². The van der Waals surface area contributed by atoms with E-state index in [-0.39, 0.29) is 0 Å². The summed E-state index contributed by atoms with van der Waals surface area (Å²) in [5.41, 5.74) is 4.31. The topological polar surface area (TPSA) is 55.9 Å². The number of aromatic nitrogens is 4. The molecule has 21 heavy (non-hydrogen) atoms. The third-order valence-electron chi connectivity index (χ3n) is 3.91. The van der Waals surface area contributed by atoms with Crippen molar-refractivity contribution in [2.75, 3.05) is 0 Å². The highest BCUT2D eigenvalue weighted by molar-refractivity contribution is 9.10. The van der Waals surface area contributed by atoms with Crippen molar-refractivity contribution in [3.63, 3.8) is 0 Å². The van der Waals surface area contributed by atoms with Gasteiger partial charge in [-0.05, 0) is 54.6 Å². The van der Waals surface area contributed by atoms with Crippen LogP contribution in [0, 0.1) is 13.8 Å². The van der Waals surface area contributed by atoms with E-state index < -0.39 is 6.10 Å². The quantitative estimate of drug-likeness (QED) is 0.867. The summed E-state index contributed by atoms with van der Waals surface area (Å²) in [7, 11) is 1.95. The van der Waals surface area contributed by atoms with Crippen molar-refractivity contribution in [2.45, 2.75) is 52.7 Å². The van der Waals surface area contributed by atoms with Crippen LogP contribution < -0.4 is 0 Å². The molecule has 0 aliphatic carbocycles. The van der Waals surface area contributed by atoms with E-state index in [4.69, 9.17) is 0 Å². The lowest BCUT2D eigenvalue weighted by Gasteiger charge is -2.14. The summed E-state index contributed by atoms with van der Waals surface area (Å²) in [6.07, 6.45) is 3.72. The number of halogens is 1. The van der Waals surface area contributed by atoms with Crippen LogP contribution in [0.25, 0.3) is 0 Å². The van der Waals surface area contributed by atoms with Crippen molar-refractivity contribution in [1.29, 1.82) is 0 Å². The Bertz CT molecular complexity index is 617. The predicted octanol–water partition coefficient (Wildman–Crippen LogP) is 3.07. The molecule has 0 saturated carbocycles. The number of aliphatic hydroxyl groups is 1. The third-order valence-corrected chi connectivity index (χ3v) is 4.52. The van der Waals surface area contributed by atoms with Crippen LogP contribution in [0.3, 0.4) is 0 Å². The number of hydrogen-bond acceptors (Lipinski definition) is 3. The van der Waals surface area contributed by atoms with Crippen LogP contribution in [0.5, 0.6) is 0 Å². The first-order valence-corrected chi connectivity index (χ1v) is 8.13. The maximum Gasteiger partial charge on any atom is 0.0971 e. The molecule has 0 fully saturated rings.